The van der Waals surface area contributed by atoms with Crippen molar-refractivity contribution in [2.24, 2.45) is 0 Å². The van der Waals surface area contributed by atoms with Crippen molar-refractivity contribution >= 4 is 21.7 Å². The van der Waals surface area contributed by atoms with Gasteiger partial charge in [-0.25, -0.2) is 8.42 Å². The van der Waals surface area contributed by atoms with Crippen molar-refractivity contribution in [2.45, 2.75) is 38.1 Å². The van der Waals surface area contributed by atoms with Crippen molar-refractivity contribution in [2.75, 3.05) is 19.3 Å². The Hall–Kier alpha value is -1.89. The zero-order valence-electron chi connectivity index (χ0n) is 14.0. The fourth-order valence-electron chi connectivity index (χ4n) is 1.95. The van der Waals surface area contributed by atoms with Crippen molar-refractivity contribution in [1.29, 1.82) is 0 Å². The fraction of sp³-hybridized carbons (Fsp3) is 0.500. The van der Waals surface area contributed by atoms with Crippen LogP contribution in [0.15, 0.2) is 29.2 Å². The number of sulfone groups is 1. The molecule has 0 aliphatic heterocycles. The molecule has 0 aromatic heterocycles. The van der Waals surface area contributed by atoms with Crippen molar-refractivity contribution < 1.29 is 18.0 Å². The van der Waals surface area contributed by atoms with E-state index in [1.165, 1.54) is 24.1 Å². The molecule has 23 heavy (non-hydrogen) atoms. The molecule has 6 nitrogen and oxygen atoms in total. The standard InChI is InChI=1S/C16H24N2O4S/c1-12(2)17-15(19)11-18(4)16(20)9-10-23(21,22)14-7-5-13(3)6-8-14/h5-8,12H,9-11H2,1-4H3,(H,17,19). The number of hydrogen-bond acceptors (Lipinski definition) is 4. The maximum absolute atomic E-state index is 12.2. The summed E-state index contributed by atoms with van der Waals surface area (Å²) in [5, 5.41) is 2.68. The van der Waals surface area contributed by atoms with Gasteiger partial charge in [0.2, 0.25) is 11.8 Å². The van der Waals surface area contributed by atoms with E-state index >= 15 is 0 Å². The Bertz CT molecular complexity index is 651. The summed E-state index contributed by atoms with van der Waals surface area (Å²) in [4.78, 5) is 25.0. The molecule has 128 valence electrons. The van der Waals surface area contributed by atoms with Gasteiger partial charge in [-0.2, -0.15) is 0 Å². The SMILES string of the molecule is Cc1ccc(S(=O)(=O)CCC(=O)N(C)CC(=O)NC(C)C)cc1. The fourth-order valence-corrected chi connectivity index (χ4v) is 3.18. The van der Waals surface area contributed by atoms with E-state index in [0.29, 0.717) is 0 Å². The molecule has 1 rings (SSSR count). The van der Waals surface area contributed by atoms with Gasteiger partial charge in [-0.15, -0.1) is 0 Å². The highest BCUT2D eigenvalue weighted by Gasteiger charge is 2.19. The number of amides is 2. The summed E-state index contributed by atoms with van der Waals surface area (Å²) in [5.74, 6) is -0.915. The van der Waals surface area contributed by atoms with E-state index in [0.717, 1.165) is 5.56 Å². The first-order valence-electron chi connectivity index (χ1n) is 7.44. The predicted octanol–water partition coefficient (Wildman–Crippen LogP) is 1.14. The smallest absolute Gasteiger partial charge is 0.239 e. The second kappa shape index (κ2) is 8.10. The molecule has 1 N–H and O–H groups in total. The van der Waals surface area contributed by atoms with E-state index in [1.807, 2.05) is 20.8 Å². The van der Waals surface area contributed by atoms with Crippen molar-refractivity contribution in [3.8, 4) is 0 Å². The first-order chi connectivity index (χ1) is 10.6. The summed E-state index contributed by atoms with van der Waals surface area (Å²) in [7, 11) is -2.01. The number of rotatable bonds is 7. The first-order valence-corrected chi connectivity index (χ1v) is 9.10. The molecular formula is C16H24N2O4S. The summed E-state index contributed by atoms with van der Waals surface area (Å²) in [6, 6.07) is 6.51. The molecule has 1 aromatic carbocycles. The minimum Gasteiger partial charge on any atom is -0.352 e. The predicted molar refractivity (Wildman–Crippen MR) is 88.8 cm³/mol. The molecule has 0 radical (unpaired) electrons. The molecule has 0 fully saturated rings. The Morgan fingerprint density at radius 2 is 1.74 bits per heavy atom. The number of likely N-dealkylation sites (N-methyl/N-ethyl adjacent to an activating group) is 1. The average Bonchev–Trinajstić information content (AvgIpc) is 2.44. The Balaban J connectivity index is 2.57. The molecule has 7 heteroatoms. The van der Waals surface area contributed by atoms with Crippen LogP contribution in [-0.4, -0.2) is 50.5 Å². The van der Waals surface area contributed by atoms with Gasteiger partial charge in [0, 0.05) is 19.5 Å². The third kappa shape index (κ3) is 6.40. The summed E-state index contributed by atoms with van der Waals surface area (Å²) >= 11 is 0. The van der Waals surface area contributed by atoms with Crippen LogP contribution in [0.1, 0.15) is 25.8 Å². The number of carbonyl (C=O) groups is 2. The normalized spacial score (nSPS) is 11.3. The average molecular weight is 340 g/mol. The largest absolute Gasteiger partial charge is 0.352 e. The van der Waals surface area contributed by atoms with Crippen LogP contribution in [0.2, 0.25) is 0 Å². The lowest BCUT2D eigenvalue weighted by molar-refractivity contribution is -0.134. The minimum atomic E-state index is -3.50. The summed E-state index contributed by atoms with van der Waals surface area (Å²) in [6.07, 6.45) is -0.151. The van der Waals surface area contributed by atoms with Crippen LogP contribution in [0, 0.1) is 6.92 Å². The molecule has 0 aliphatic rings. The number of carbonyl (C=O) groups excluding carboxylic acids is 2. The van der Waals surface area contributed by atoms with E-state index in [-0.39, 0.29) is 41.5 Å². The zero-order valence-corrected chi connectivity index (χ0v) is 14.8. The molecular weight excluding hydrogens is 316 g/mol. The first kappa shape index (κ1) is 19.2. The van der Waals surface area contributed by atoms with Crippen molar-refractivity contribution in [3.63, 3.8) is 0 Å². The lowest BCUT2D eigenvalue weighted by Crippen LogP contribution is -2.41. The number of nitrogens with one attached hydrogen (secondary N) is 1. The lowest BCUT2D eigenvalue weighted by Gasteiger charge is -2.18. The minimum absolute atomic E-state index is 0.00656. The Kier molecular flexibility index (Phi) is 6.75. The Labute approximate surface area is 137 Å². The lowest BCUT2D eigenvalue weighted by atomic mass is 10.2. The molecule has 0 spiro atoms. The number of benzene rings is 1. The zero-order chi connectivity index (χ0) is 17.6. The molecule has 1 aromatic rings. The maximum Gasteiger partial charge on any atom is 0.239 e. The monoisotopic (exact) mass is 340 g/mol. The molecule has 0 saturated carbocycles. The highest BCUT2D eigenvalue weighted by molar-refractivity contribution is 7.91. The number of hydrogen-bond donors (Lipinski definition) is 1. The van der Waals surface area contributed by atoms with Gasteiger partial charge in [-0.05, 0) is 32.9 Å². The van der Waals surface area contributed by atoms with Crippen LogP contribution in [0.5, 0.6) is 0 Å². The van der Waals surface area contributed by atoms with Crippen LogP contribution < -0.4 is 5.32 Å². The van der Waals surface area contributed by atoms with Crippen LogP contribution in [0.25, 0.3) is 0 Å². The van der Waals surface area contributed by atoms with Gasteiger partial charge in [-0.3, -0.25) is 9.59 Å². The van der Waals surface area contributed by atoms with E-state index in [9.17, 15) is 18.0 Å². The molecule has 0 heterocycles. The molecule has 0 bridgehead atoms. The quantitative estimate of drug-likeness (QED) is 0.807. The summed E-state index contributed by atoms with van der Waals surface area (Å²) in [5.41, 5.74) is 0.968. The molecule has 0 aliphatic carbocycles. The molecule has 0 saturated heterocycles. The van der Waals surface area contributed by atoms with E-state index in [1.54, 1.807) is 12.1 Å². The highest BCUT2D eigenvalue weighted by atomic mass is 32.2. The van der Waals surface area contributed by atoms with Crippen molar-refractivity contribution in [3.05, 3.63) is 29.8 Å². The van der Waals surface area contributed by atoms with E-state index in [4.69, 9.17) is 0 Å². The van der Waals surface area contributed by atoms with Gasteiger partial charge < -0.3 is 10.2 Å². The van der Waals surface area contributed by atoms with Crippen LogP contribution in [0.4, 0.5) is 0 Å². The van der Waals surface area contributed by atoms with Crippen LogP contribution in [-0.2, 0) is 19.4 Å². The third-order valence-electron chi connectivity index (χ3n) is 3.22. The van der Waals surface area contributed by atoms with Gasteiger partial charge >= 0.3 is 0 Å². The summed E-state index contributed by atoms with van der Waals surface area (Å²) < 4.78 is 24.4. The number of nitrogens with zero attached hydrogens (tertiary/aromatic N) is 1. The Morgan fingerprint density at radius 1 is 1.17 bits per heavy atom. The van der Waals surface area contributed by atoms with Gasteiger partial charge in [0.05, 0.1) is 17.2 Å². The number of aryl methyl sites for hydroxylation is 1. The van der Waals surface area contributed by atoms with Gasteiger partial charge in [0.15, 0.2) is 9.84 Å². The van der Waals surface area contributed by atoms with E-state index < -0.39 is 9.84 Å². The van der Waals surface area contributed by atoms with Crippen LogP contribution in [0.3, 0.4) is 0 Å². The Morgan fingerprint density at radius 3 is 2.26 bits per heavy atom. The van der Waals surface area contributed by atoms with Gasteiger partial charge in [0.1, 0.15) is 0 Å². The second-order valence-corrected chi connectivity index (χ2v) is 7.96. The molecule has 0 atom stereocenters. The third-order valence-corrected chi connectivity index (χ3v) is 4.95. The maximum atomic E-state index is 12.2. The summed E-state index contributed by atoms with van der Waals surface area (Å²) in [6.45, 7) is 5.44. The second-order valence-electron chi connectivity index (χ2n) is 5.85. The highest BCUT2D eigenvalue weighted by Crippen LogP contribution is 2.13. The van der Waals surface area contributed by atoms with Gasteiger partial charge in [-0.1, -0.05) is 17.7 Å². The van der Waals surface area contributed by atoms with Gasteiger partial charge in [0.25, 0.3) is 0 Å². The van der Waals surface area contributed by atoms with E-state index in [2.05, 4.69) is 5.32 Å². The molecule has 0 unspecified atom stereocenters. The topological polar surface area (TPSA) is 83.6 Å². The van der Waals surface area contributed by atoms with Crippen molar-refractivity contribution in [1.82, 2.24) is 10.2 Å². The van der Waals surface area contributed by atoms with Crippen LogP contribution >= 0.6 is 0 Å². The molecule has 2 amide bonds.